The first kappa shape index (κ1) is 68.2. The van der Waals surface area contributed by atoms with E-state index >= 15 is 0 Å². The quantitative estimate of drug-likeness (QED) is 0.0253. The van der Waals surface area contributed by atoms with Gasteiger partial charge in [-0.15, -0.1) is 24.8 Å². The SMILES string of the molecule is CCCCCCCCCCCCNC(=O)[C@H](Cc1ccccc1)NC(=O)[C@H](CCCCNC(=O)[C@@H](N)CCCCNC(=O)OCc1ccccc1Cl)NC(=O)[C@@H](N)CCCCNC(=O)OCc1ccccc1Cl.Cl.Cl. The molecule has 75 heavy (non-hydrogen) atoms. The molecule has 0 fully saturated rings. The van der Waals surface area contributed by atoms with Crippen molar-refractivity contribution < 1.29 is 38.2 Å². The Bertz CT molecular complexity index is 2080. The smallest absolute Gasteiger partial charge is 0.407 e. The van der Waals surface area contributed by atoms with Crippen LogP contribution in [0.5, 0.6) is 0 Å². The molecular formula is C55H84Cl4N8O8. The number of nitrogens with two attached hydrogens (primary N) is 2. The van der Waals surface area contributed by atoms with Gasteiger partial charge >= 0.3 is 12.2 Å². The van der Waals surface area contributed by atoms with E-state index in [1.807, 2.05) is 36.4 Å². The number of unbranched alkanes of at least 4 members (excludes halogenated alkanes) is 12. The number of ether oxygens (including phenoxy) is 2. The van der Waals surface area contributed by atoms with E-state index in [-0.39, 0.29) is 75.6 Å². The van der Waals surface area contributed by atoms with Crippen LogP contribution in [-0.2, 0) is 48.3 Å². The van der Waals surface area contributed by atoms with Crippen molar-refractivity contribution in [2.24, 2.45) is 11.5 Å². The number of amides is 6. The summed E-state index contributed by atoms with van der Waals surface area (Å²) in [5.74, 6) is -1.68. The Morgan fingerprint density at radius 3 is 1.36 bits per heavy atom. The molecule has 0 aliphatic rings. The summed E-state index contributed by atoms with van der Waals surface area (Å²) in [7, 11) is 0. The van der Waals surface area contributed by atoms with Gasteiger partial charge in [0.25, 0.3) is 0 Å². The number of halogens is 4. The second-order valence-corrected chi connectivity index (χ2v) is 19.3. The molecule has 420 valence electrons. The second kappa shape index (κ2) is 42.3. The molecular weight excluding hydrogens is 1040 g/mol. The Balaban J connectivity index is 0.0000141. The van der Waals surface area contributed by atoms with Crippen molar-refractivity contribution in [1.29, 1.82) is 0 Å². The fourth-order valence-electron chi connectivity index (χ4n) is 7.88. The van der Waals surface area contributed by atoms with Crippen LogP contribution in [0.15, 0.2) is 78.9 Å². The van der Waals surface area contributed by atoms with Crippen LogP contribution in [0.25, 0.3) is 0 Å². The Morgan fingerprint density at radius 2 is 0.853 bits per heavy atom. The zero-order valence-corrected chi connectivity index (χ0v) is 46.8. The van der Waals surface area contributed by atoms with Crippen LogP contribution in [0, 0.1) is 0 Å². The lowest BCUT2D eigenvalue weighted by Crippen LogP contribution is -2.56. The van der Waals surface area contributed by atoms with Crippen LogP contribution in [0.3, 0.4) is 0 Å². The van der Waals surface area contributed by atoms with Crippen LogP contribution in [0.4, 0.5) is 9.59 Å². The third-order valence-corrected chi connectivity index (χ3v) is 13.1. The van der Waals surface area contributed by atoms with E-state index in [0.29, 0.717) is 85.8 Å². The van der Waals surface area contributed by atoms with Crippen molar-refractivity contribution >= 4 is 83.8 Å². The molecule has 20 heteroatoms. The minimum absolute atomic E-state index is 0. The maximum atomic E-state index is 14.1. The second-order valence-electron chi connectivity index (χ2n) is 18.5. The highest BCUT2D eigenvalue weighted by Crippen LogP contribution is 2.17. The normalized spacial score (nSPS) is 12.3. The van der Waals surface area contributed by atoms with E-state index in [1.54, 1.807) is 42.5 Å². The molecule has 16 nitrogen and oxygen atoms in total. The third-order valence-electron chi connectivity index (χ3n) is 12.3. The zero-order chi connectivity index (χ0) is 52.9. The number of hydrogen-bond acceptors (Lipinski definition) is 10. The van der Waals surface area contributed by atoms with E-state index in [1.165, 1.54) is 44.9 Å². The van der Waals surface area contributed by atoms with Gasteiger partial charge in [-0.05, 0) is 81.9 Å². The van der Waals surface area contributed by atoms with E-state index in [2.05, 4.69) is 38.8 Å². The molecule has 4 atom stereocenters. The summed E-state index contributed by atoms with van der Waals surface area (Å²) in [6.07, 6.45) is 14.8. The van der Waals surface area contributed by atoms with Gasteiger partial charge in [0.05, 0.1) is 12.1 Å². The molecule has 3 aromatic carbocycles. The van der Waals surface area contributed by atoms with Crippen LogP contribution in [-0.4, -0.2) is 86.2 Å². The van der Waals surface area contributed by atoms with Crippen molar-refractivity contribution in [3.63, 3.8) is 0 Å². The number of benzene rings is 3. The predicted octanol–water partition coefficient (Wildman–Crippen LogP) is 9.52. The lowest BCUT2D eigenvalue weighted by atomic mass is 10.0. The number of carbonyl (C=O) groups excluding carboxylic acids is 6. The average molecular weight is 1130 g/mol. The van der Waals surface area contributed by atoms with Crippen molar-refractivity contribution in [2.45, 2.75) is 173 Å². The molecule has 6 amide bonds. The van der Waals surface area contributed by atoms with Gasteiger partial charge in [0.2, 0.25) is 23.6 Å². The molecule has 0 saturated heterocycles. The number of alkyl carbamates (subject to hydrolysis) is 2. The maximum Gasteiger partial charge on any atom is 0.407 e. The molecule has 0 aromatic heterocycles. The third kappa shape index (κ3) is 31.1. The van der Waals surface area contributed by atoms with Gasteiger partial charge < -0.3 is 52.8 Å². The monoisotopic (exact) mass is 1120 g/mol. The summed E-state index contributed by atoms with van der Waals surface area (Å²) in [6, 6.07) is 20.0. The fourth-order valence-corrected chi connectivity index (χ4v) is 8.26. The van der Waals surface area contributed by atoms with Crippen molar-refractivity contribution in [2.75, 3.05) is 26.2 Å². The van der Waals surface area contributed by atoms with E-state index < -0.39 is 48.2 Å². The van der Waals surface area contributed by atoms with Gasteiger partial charge in [-0.3, -0.25) is 19.2 Å². The Labute approximate surface area is 467 Å². The number of hydrogen-bond donors (Lipinski definition) is 8. The van der Waals surface area contributed by atoms with E-state index in [4.69, 9.17) is 44.1 Å². The molecule has 10 N–H and O–H groups in total. The van der Waals surface area contributed by atoms with E-state index in [0.717, 1.165) is 24.8 Å². The lowest BCUT2D eigenvalue weighted by Gasteiger charge is -2.24. The topological polar surface area (TPSA) is 245 Å². The highest BCUT2D eigenvalue weighted by molar-refractivity contribution is 6.31. The molecule has 3 aromatic rings. The van der Waals surface area contributed by atoms with Gasteiger partial charge in [-0.2, -0.15) is 0 Å². The molecule has 0 aliphatic carbocycles. The van der Waals surface area contributed by atoms with Gasteiger partial charge in [0.1, 0.15) is 25.3 Å². The Kier molecular flexibility index (Phi) is 38.4. The zero-order valence-electron chi connectivity index (χ0n) is 43.7. The van der Waals surface area contributed by atoms with Crippen molar-refractivity contribution in [1.82, 2.24) is 31.9 Å². The number of nitrogens with one attached hydrogen (secondary N) is 6. The molecule has 0 radical (unpaired) electrons. The summed E-state index contributed by atoms with van der Waals surface area (Å²) in [5.41, 5.74) is 14.8. The Hall–Kier alpha value is -4.84. The van der Waals surface area contributed by atoms with Gasteiger partial charge in [-0.25, -0.2) is 9.59 Å². The summed E-state index contributed by atoms with van der Waals surface area (Å²) < 4.78 is 10.5. The lowest BCUT2D eigenvalue weighted by molar-refractivity contribution is -0.132. The minimum Gasteiger partial charge on any atom is -0.445 e. The number of carbonyl (C=O) groups is 6. The number of rotatable bonds is 38. The largest absolute Gasteiger partial charge is 0.445 e. The minimum atomic E-state index is -1.03. The predicted molar refractivity (Wildman–Crippen MR) is 303 cm³/mol. The molecule has 0 heterocycles. The van der Waals surface area contributed by atoms with E-state index in [9.17, 15) is 28.8 Å². The summed E-state index contributed by atoms with van der Waals surface area (Å²) in [6.45, 7) is 3.72. The van der Waals surface area contributed by atoms with Crippen LogP contribution >= 0.6 is 48.0 Å². The van der Waals surface area contributed by atoms with Gasteiger partial charge in [0, 0.05) is 53.8 Å². The summed E-state index contributed by atoms with van der Waals surface area (Å²) in [4.78, 5) is 78.5. The fraction of sp³-hybridized carbons (Fsp3) is 0.564. The van der Waals surface area contributed by atoms with Crippen LogP contribution < -0.4 is 43.4 Å². The first-order chi connectivity index (χ1) is 35.4. The first-order valence-electron chi connectivity index (χ1n) is 26.4. The summed E-state index contributed by atoms with van der Waals surface area (Å²) >= 11 is 12.3. The maximum absolute atomic E-state index is 14.1. The molecule has 0 saturated carbocycles. The standard InChI is InChI=1S/C55H82Cl2N8O8.2ClH/c1-2-3-4-5-6-7-8-9-10-21-34-61-52(68)49(38-41-25-12-11-13-26-41)65-53(69)48(64-51(67)47(59)32-19-23-37-63-55(71)73-40-43-28-15-17-30-45(43)57)33-20-24-35-60-50(66)46(58)31-18-22-36-62-54(70)72-39-42-27-14-16-29-44(42)56;;/h11-17,25-30,46-49H,2-10,18-24,31-40,58-59H2,1H3,(H,60,66)(H,61,68)(H,62,70)(H,63,71)(H,64,67)(H,65,69);2*1H/t46-,47-,48-,49-;;/m0../s1. The molecule has 3 rings (SSSR count). The highest BCUT2D eigenvalue weighted by atomic mass is 35.5. The summed E-state index contributed by atoms with van der Waals surface area (Å²) in [5, 5.41) is 18.0. The van der Waals surface area contributed by atoms with Crippen molar-refractivity contribution in [3.8, 4) is 0 Å². The first-order valence-corrected chi connectivity index (χ1v) is 27.1. The molecule has 0 bridgehead atoms. The molecule has 0 aliphatic heterocycles. The van der Waals surface area contributed by atoms with Crippen LogP contribution in [0.1, 0.15) is 146 Å². The van der Waals surface area contributed by atoms with Gasteiger partial charge in [-0.1, -0.05) is 155 Å². The van der Waals surface area contributed by atoms with Gasteiger partial charge in [0.15, 0.2) is 0 Å². The molecule has 0 unspecified atom stereocenters. The highest BCUT2D eigenvalue weighted by Gasteiger charge is 2.28. The van der Waals surface area contributed by atoms with Crippen molar-refractivity contribution in [3.05, 3.63) is 106 Å². The average Bonchev–Trinajstić information content (AvgIpc) is 3.38. The Morgan fingerprint density at radius 1 is 0.453 bits per heavy atom. The molecule has 0 spiro atoms. The van der Waals surface area contributed by atoms with Crippen LogP contribution in [0.2, 0.25) is 10.0 Å².